The summed E-state index contributed by atoms with van der Waals surface area (Å²) in [6.45, 7) is 1.29. The number of benzene rings is 2. The Bertz CT molecular complexity index is 991. The number of amides is 1. The summed E-state index contributed by atoms with van der Waals surface area (Å²) < 4.78 is 16.5. The molecule has 6 nitrogen and oxygen atoms in total. The van der Waals surface area contributed by atoms with Crippen LogP contribution in [0.1, 0.15) is 27.1 Å². The lowest BCUT2D eigenvalue weighted by Gasteiger charge is -2.31. The number of hydrogen-bond donors (Lipinski definition) is 1. The van der Waals surface area contributed by atoms with Crippen LogP contribution in [0.5, 0.6) is 0 Å². The number of likely N-dealkylation sites (tertiary alicyclic amines) is 1. The lowest BCUT2D eigenvalue weighted by atomic mass is 10.1. The highest BCUT2D eigenvalue weighted by atomic mass is 19.1. The molecule has 0 unspecified atom stereocenters. The van der Waals surface area contributed by atoms with Gasteiger partial charge in [0.05, 0.1) is 16.6 Å². The number of fused-ring (bicyclic) bond motifs is 1. The maximum absolute atomic E-state index is 15.0. The van der Waals surface area contributed by atoms with Crippen LogP contribution in [-0.2, 0) is 0 Å². The van der Waals surface area contributed by atoms with Crippen molar-refractivity contribution in [2.45, 2.75) is 6.42 Å². The van der Waals surface area contributed by atoms with E-state index in [0.29, 0.717) is 24.3 Å². The molecule has 25 heavy (non-hydrogen) atoms. The molecule has 2 heterocycles. The van der Waals surface area contributed by atoms with Crippen LogP contribution < -0.4 is 0 Å². The molecule has 0 saturated carbocycles. The van der Waals surface area contributed by atoms with Crippen molar-refractivity contribution in [2.75, 3.05) is 13.1 Å². The van der Waals surface area contributed by atoms with Gasteiger partial charge in [-0.3, -0.25) is 9.36 Å². The molecule has 0 atom stereocenters. The summed E-state index contributed by atoms with van der Waals surface area (Å²) in [5, 5.41) is 8.98. The SMILES string of the molecule is O=C(O)c1ccc(-n2cnc3ccc(C(=O)N4CCC4)c(F)c32)cc1. The Morgan fingerprint density at radius 2 is 1.80 bits per heavy atom. The summed E-state index contributed by atoms with van der Waals surface area (Å²) in [5.41, 5.74) is 1.37. The molecule has 0 spiro atoms. The number of aromatic carboxylic acids is 1. The number of carbonyl (C=O) groups is 2. The van der Waals surface area contributed by atoms with Crippen molar-refractivity contribution in [1.82, 2.24) is 14.5 Å². The van der Waals surface area contributed by atoms with E-state index in [-0.39, 0.29) is 22.6 Å². The monoisotopic (exact) mass is 339 g/mol. The minimum atomic E-state index is -1.03. The smallest absolute Gasteiger partial charge is 0.335 e. The minimum absolute atomic E-state index is 0.0242. The molecule has 0 aliphatic carbocycles. The molecule has 1 amide bonds. The summed E-state index contributed by atoms with van der Waals surface area (Å²) in [7, 11) is 0. The molecular weight excluding hydrogens is 325 g/mol. The first-order valence-electron chi connectivity index (χ1n) is 7.85. The van der Waals surface area contributed by atoms with E-state index in [2.05, 4.69) is 4.98 Å². The van der Waals surface area contributed by atoms with Crippen LogP contribution in [0.25, 0.3) is 16.7 Å². The Balaban J connectivity index is 1.82. The normalized spacial score (nSPS) is 13.7. The molecular formula is C18H14FN3O3. The Morgan fingerprint density at radius 3 is 2.40 bits per heavy atom. The molecule has 7 heteroatoms. The van der Waals surface area contributed by atoms with Crippen LogP contribution >= 0.6 is 0 Å². The van der Waals surface area contributed by atoms with E-state index in [1.165, 1.54) is 29.1 Å². The van der Waals surface area contributed by atoms with Crippen molar-refractivity contribution in [3.63, 3.8) is 0 Å². The minimum Gasteiger partial charge on any atom is -0.478 e. The topological polar surface area (TPSA) is 75.4 Å². The van der Waals surface area contributed by atoms with Gasteiger partial charge in [0.2, 0.25) is 0 Å². The number of carboxylic acids is 1. The molecule has 1 aliphatic rings. The van der Waals surface area contributed by atoms with Gasteiger partial charge in [-0.15, -0.1) is 0 Å². The van der Waals surface area contributed by atoms with Crippen molar-refractivity contribution in [2.24, 2.45) is 0 Å². The second-order valence-electron chi connectivity index (χ2n) is 5.91. The lowest BCUT2D eigenvalue weighted by molar-refractivity contribution is 0.0645. The first kappa shape index (κ1) is 15.3. The third kappa shape index (κ3) is 2.44. The quantitative estimate of drug-likeness (QED) is 0.796. The van der Waals surface area contributed by atoms with Gasteiger partial charge < -0.3 is 10.0 Å². The highest BCUT2D eigenvalue weighted by Crippen LogP contribution is 2.25. The van der Waals surface area contributed by atoms with Gasteiger partial charge in [0.15, 0.2) is 5.82 Å². The molecule has 1 fully saturated rings. The van der Waals surface area contributed by atoms with Crippen molar-refractivity contribution >= 4 is 22.9 Å². The van der Waals surface area contributed by atoms with E-state index < -0.39 is 11.8 Å². The second kappa shape index (κ2) is 5.70. The largest absolute Gasteiger partial charge is 0.478 e. The number of carboxylic acid groups (broad SMARTS) is 1. The van der Waals surface area contributed by atoms with Crippen LogP contribution in [0.3, 0.4) is 0 Å². The molecule has 1 aliphatic heterocycles. The van der Waals surface area contributed by atoms with Crippen LogP contribution in [0, 0.1) is 5.82 Å². The van der Waals surface area contributed by atoms with Crippen molar-refractivity contribution in [1.29, 1.82) is 0 Å². The molecule has 1 saturated heterocycles. The zero-order valence-electron chi connectivity index (χ0n) is 13.1. The van der Waals surface area contributed by atoms with Gasteiger partial charge in [-0.2, -0.15) is 0 Å². The third-order valence-corrected chi connectivity index (χ3v) is 4.41. The van der Waals surface area contributed by atoms with Gasteiger partial charge in [-0.25, -0.2) is 14.2 Å². The number of hydrogen-bond acceptors (Lipinski definition) is 3. The summed E-state index contributed by atoms with van der Waals surface area (Å²) >= 11 is 0. The first-order chi connectivity index (χ1) is 12.1. The second-order valence-corrected chi connectivity index (χ2v) is 5.91. The molecule has 4 rings (SSSR count). The summed E-state index contributed by atoms with van der Waals surface area (Å²) in [6.07, 6.45) is 2.39. The first-order valence-corrected chi connectivity index (χ1v) is 7.85. The standard InChI is InChI=1S/C18H14FN3O3/c19-15-13(17(23)21-8-1-9-21)6-7-14-16(15)22(10-20-14)12-4-2-11(3-5-12)18(24)25/h2-7,10H,1,8-9H2,(H,24,25). The highest BCUT2D eigenvalue weighted by molar-refractivity contribution is 5.98. The summed E-state index contributed by atoms with van der Waals surface area (Å²) in [5.74, 6) is -1.97. The Labute approximate surface area is 142 Å². The molecule has 126 valence electrons. The van der Waals surface area contributed by atoms with Crippen LogP contribution in [-0.4, -0.2) is 44.5 Å². The fourth-order valence-corrected chi connectivity index (χ4v) is 2.88. The van der Waals surface area contributed by atoms with Crippen LogP contribution in [0.2, 0.25) is 0 Å². The number of carbonyl (C=O) groups excluding carboxylic acids is 1. The molecule has 2 aromatic carbocycles. The fourth-order valence-electron chi connectivity index (χ4n) is 2.88. The van der Waals surface area contributed by atoms with E-state index in [4.69, 9.17) is 5.11 Å². The van der Waals surface area contributed by atoms with E-state index in [1.54, 1.807) is 23.1 Å². The van der Waals surface area contributed by atoms with Crippen molar-refractivity contribution in [3.05, 3.63) is 59.7 Å². The van der Waals surface area contributed by atoms with Crippen molar-refractivity contribution < 1.29 is 19.1 Å². The molecule has 3 aromatic rings. The highest BCUT2D eigenvalue weighted by Gasteiger charge is 2.26. The predicted octanol–water partition coefficient (Wildman–Crippen LogP) is 2.71. The average Bonchev–Trinajstić information content (AvgIpc) is 2.98. The number of rotatable bonds is 3. The molecule has 1 aromatic heterocycles. The number of halogens is 1. The zero-order chi connectivity index (χ0) is 17.6. The molecule has 0 bridgehead atoms. The Kier molecular flexibility index (Phi) is 3.49. The number of imidazole rings is 1. The van der Waals surface area contributed by atoms with Crippen LogP contribution in [0.4, 0.5) is 4.39 Å². The van der Waals surface area contributed by atoms with E-state index in [9.17, 15) is 9.59 Å². The van der Waals surface area contributed by atoms with E-state index >= 15 is 4.39 Å². The fraction of sp³-hybridized carbons (Fsp3) is 0.167. The summed E-state index contributed by atoms with van der Waals surface area (Å²) in [6, 6.07) is 9.12. The van der Waals surface area contributed by atoms with Gasteiger partial charge in [0, 0.05) is 18.8 Å². The van der Waals surface area contributed by atoms with Gasteiger partial charge in [0.25, 0.3) is 5.91 Å². The number of aromatic nitrogens is 2. The van der Waals surface area contributed by atoms with E-state index in [1.807, 2.05) is 0 Å². The van der Waals surface area contributed by atoms with Gasteiger partial charge >= 0.3 is 5.97 Å². The lowest BCUT2D eigenvalue weighted by Crippen LogP contribution is -2.42. The van der Waals surface area contributed by atoms with Gasteiger partial charge in [0.1, 0.15) is 11.8 Å². The third-order valence-electron chi connectivity index (χ3n) is 4.41. The summed E-state index contributed by atoms with van der Waals surface area (Å²) in [4.78, 5) is 29.1. The van der Waals surface area contributed by atoms with Gasteiger partial charge in [-0.05, 0) is 42.8 Å². The average molecular weight is 339 g/mol. The Hall–Kier alpha value is -3.22. The maximum Gasteiger partial charge on any atom is 0.335 e. The Morgan fingerprint density at radius 1 is 1.08 bits per heavy atom. The van der Waals surface area contributed by atoms with Crippen LogP contribution in [0.15, 0.2) is 42.7 Å². The van der Waals surface area contributed by atoms with E-state index in [0.717, 1.165) is 6.42 Å². The van der Waals surface area contributed by atoms with Gasteiger partial charge in [-0.1, -0.05) is 0 Å². The molecule has 0 radical (unpaired) electrons. The molecule has 1 N–H and O–H groups in total. The maximum atomic E-state index is 15.0. The zero-order valence-corrected chi connectivity index (χ0v) is 13.1. The van der Waals surface area contributed by atoms with Crippen molar-refractivity contribution in [3.8, 4) is 5.69 Å². The predicted molar refractivity (Wildman–Crippen MR) is 88.5 cm³/mol. The number of nitrogens with zero attached hydrogens (tertiary/aromatic N) is 3.